The Morgan fingerprint density at radius 2 is 1.89 bits per heavy atom. The molecular formula is C29H25FN2O5S. The van der Waals surface area contributed by atoms with E-state index in [-0.39, 0.29) is 22.3 Å². The van der Waals surface area contributed by atoms with Gasteiger partial charge in [0.05, 0.1) is 36.6 Å². The van der Waals surface area contributed by atoms with Crippen LogP contribution >= 0.6 is 11.3 Å². The Morgan fingerprint density at radius 3 is 2.61 bits per heavy atom. The molecule has 0 saturated heterocycles. The maximum absolute atomic E-state index is 14.4. The lowest BCUT2D eigenvalue weighted by atomic mass is 9.90. The first-order chi connectivity index (χ1) is 18.4. The molecule has 1 atom stereocenters. The minimum Gasteiger partial charge on any atom is -0.497 e. The zero-order valence-electron chi connectivity index (χ0n) is 21.3. The minimum absolute atomic E-state index is 0.153. The third-order valence-electron chi connectivity index (χ3n) is 6.43. The molecular weight excluding hydrogens is 507 g/mol. The van der Waals surface area contributed by atoms with Crippen molar-refractivity contribution >= 4 is 34.2 Å². The van der Waals surface area contributed by atoms with E-state index in [0.717, 1.165) is 22.1 Å². The standard InChI is InChI=1S/C29H25FN2O5S/c1-5-37-28(34)24-16(2)31-29-32(27(33)23(38-29)14-18-8-6-7-9-21(18)30)26(24)25-20-15-19(35-3)12-10-17(20)11-13-22(25)36-4/h6-15,26H,5H2,1-4H3. The number of allylic oxidation sites excluding steroid dienone is 1. The Balaban J connectivity index is 1.88. The molecule has 0 bridgehead atoms. The molecule has 1 unspecified atom stereocenters. The molecule has 0 saturated carbocycles. The van der Waals surface area contributed by atoms with Crippen molar-refractivity contribution in [2.75, 3.05) is 20.8 Å². The number of carbonyl (C=O) groups excluding carboxylic acids is 1. The van der Waals surface area contributed by atoms with Crippen molar-refractivity contribution in [1.82, 2.24) is 4.57 Å². The predicted octanol–water partition coefficient (Wildman–Crippen LogP) is 4.11. The number of halogens is 1. The van der Waals surface area contributed by atoms with Gasteiger partial charge in [0.15, 0.2) is 4.80 Å². The summed E-state index contributed by atoms with van der Waals surface area (Å²) in [5, 5.41) is 1.61. The third-order valence-corrected chi connectivity index (χ3v) is 7.42. The number of thiazole rings is 1. The van der Waals surface area contributed by atoms with E-state index >= 15 is 0 Å². The largest absolute Gasteiger partial charge is 0.497 e. The fourth-order valence-electron chi connectivity index (χ4n) is 4.69. The van der Waals surface area contributed by atoms with Crippen LogP contribution in [-0.4, -0.2) is 31.4 Å². The number of hydrogen-bond acceptors (Lipinski definition) is 7. The van der Waals surface area contributed by atoms with Crippen molar-refractivity contribution in [2.45, 2.75) is 19.9 Å². The maximum Gasteiger partial charge on any atom is 0.338 e. The van der Waals surface area contributed by atoms with E-state index in [2.05, 4.69) is 4.99 Å². The van der Waals surface area contributed by atoms with Gasteiger partial charge in [-0.2, -0.15) is 0 Å². The SMILES string of the molecule is CCOC(=O)C1=C(C)N=c2sc(=Cc3ccccc3F)c(=O)n2C1c1c(OC)ccc2ccc(OC)cc12. The number of carbonyl (C=O) groups is 1. The Bertz CT molecular complexity index is 1780. The smallest absolute Gasteiger partial charge is 0.338 e. The second kappa shape index (κ2) is 10.3. The summed E-state index contributed by atoms with van der Waals surface area (Å²) in [5.41, 5.74) is 1.13. The number of hydrogen-bond donors (Lipinski definition) is 0. The molecule has 5 rings (SSSR count). The first kappa shape index (κ1) is 25.4. The topological polar surface area (TPSA) is 79.1 Å². The van der Waals surface area contributed by atoms with Crippen molar-refractivity contribution in [3.63, 3.8) is 0 Å². The van der Waals surface area contributed by atoms with Crippen molar-refractivity contribution in [3.8, 4) is 11.5 Å². The van der Waals surface area contributed by atoms with E-state index in [1.165, 1.54) is 23.8 Å². The summed E-state index contributed by atoms with van der Waals surface area (Å²) in [6.45, 7) is 3.59. The molecule has 1 aliphatic heterocycles. The Hall–Kier alpha value is -4.24. The number of aromatic nitrogens is 1. The molecule has 0 aliphatic carbocycles. The Kier molecular flexibility index (Phi) is 6.86. The second-order valence-corrected chi connectivity index (χ2v) is 9.60. The highest BCUT2D eigenvalue weighted by atomic mass is 32.1. The van der Waals surface area contributed by atoms with Gasteiger partial charge in [0.25, 0.3) is 5.56 Å². The number of nitrogens with zero attached hydrogens (tertiary/aromatic N) is 2. The van der Waals surface area contributed by atoms with Crippen LogP contribution in [0.4, 0.5) is 4.39 Å². The van der Waals surface area contributed by atoms with Crippen LogP contribution in [0.3, 0.4) is 0 Å². The number of ether oxygens (including phenoxy) is 3. The molecule has 4 aromatic rings. The summed E-state index contributed by atoms with van der Waals surface area (Å²) in [5.74, 6) is 0.0680. The quantitative estimate of drug-likeness (QED) is 0.350. The highest BCUT2D eigenvalue weighted by molar-refractivity contribution is 7.07. The zero-order chi connectivity index (χ0) is 27.0. The fraction of sp³-hybridized carbons (Fsp3) is 0.207. The van der Waals surface area contributed by atoms with E-state index in [1.54, 1.807) is 45.2 Å². The number of fused-ring (bicyclic) bond motifs is 2. The van der Waals surface area contributed by atoms with Crippen molar-refractivity contribution in [1.29, 1.82) is 0 Å². The summed E-state index contributed by atoms with van der Waals surface area (Å²) in [4.78, 5) is 32.3. The Labute approximate surface area is 221 Å². The predicted molar refractivity (Wildman–Crippen MR) is 144 cm³/mol. The molecule has 194 valence electrons. The van der Waals surface area contributed by atoms with E-state index in [4.69, 9.17) is 14.2 Å². The van der Waals surface area contributed by atoms with Crippen LogP contribution in [0.25, 0.3) is 16.8 Å². The van der Waals surface area contributed by atoms with Gasteiger partial charge >= 0.3 is 5.97 Å². The van der Waals surface area contributed by atoms with Crippen LogP contribution in [0.1, 0.15) is 31.0 Å². The molecule has 0 radical (unpaired) electrons. The van der Waals surface area contributed by atoms with Crippen molar-refractivity contribution in [2.24, 2.45) is 4.99 Å². The van der Waals surface area contributed by atoms with E-state index in [9.17, 15) is 14.0 Å². The van der Waals surface area contributed by atoms with E-state index in [1.807, 2.05) is 24.3 Å². The lowest BCUT2D eigenvalue weighted by molar-refractivity contribution is -0.139. The van der Waals surface area contributed by atoms with Crippen LogP contribution in [0.5, 0.6) is 11.5 Å². The van der Waals surface area contributed by atoms with Gasteiger partial charge in [0.2, 0.25) is 0 Å². The lowest BCUT2D eigenvalue weighted by Gasteiger charge is -2.27. The van der Waals surface area contributed by atoms with E-state index < -0.39 is 23.4 Å². The zero-order valence-corrected chi connectivity index (χ0v) is 22.1. The molecule has 1 aliphatic rings. The number of rotatable bonds is 6. The first-order valence-electron chi connectivity index (χ1n) is 12.0. The normalized spacial score (nSPS) is 15.3. The average Bonchev–Trinajstić information content (AvgIpc) is 3.22. The van der Waals surface area contributed by atoms with Crippen LogP contribution in [0.15, 0.2) is 75.7 Å². The van der Waals surface area contributed by atoms with Gasteiger partial charge in [-0.15, -0.1) is 0 Å². The maximum atomic E-state index is 14.4. The summed E-state index contributed by atoms with van der Waals surface area (Å²) in [7, 11) is 3.11. The van der Waals surface area contributed by atoms with E-state index in [0.29, 0.717) is 27.6 Å². The molecule has 1 aromatic heterocycles. The second-order valence-electron chi connectivity index (χ2n) is 8.59. The van der Waals surface area contributed by atoms with Gasteiger partial charge in [-0.25, -0.2) is 14.2 Å². The van der Waals surface area contributed by atoms with Crippen molar-refractivity contribution < 1.29 is 23.4 Å². The minimum atomic E-state index is -0.904. The highest BCUT2D eigenvalue weighted by Gasteiger charge is 2.36. The molecule has 9 heteroatoms. The summed E-state index contributed by atoms with van der Waals surface area (Å²) < 4.78 is 32.8. The van der Waals surface area contributed by atoms with Gasteiger partial charge in [0.1, 0.15) is 23.4 Å². The first-order valence-corrected chi connectivity index (χ1v) is 12.8. The summed E-state index contributed by atoms with van der Waals surface area (Å²) in [6.07, 6.45) is 1.50. The van der Waals surface area contributed by atoms with Crippen LogP contribution in [0.2, 0.25) is 0 Å². The molecule has 2 heterocycles. The molecule has 0 amide bonds. The molecule has 7 nitrogen and oxygen atoms in total. The molecule has 0 fully saturated rings. The monoisotopic (exact) mass is 532 g/mol. The third kappa shape index (κ3) is 4.28. The summed E-state index contributed by atoms with van der Waals surface area (Å²) >= 11 is 1.13. The number of methoxy groups -OCH3 is 2. The number of esters is 1. The molecule has 38 heavy (non-hydrogen) atoms. The number of benzene rings is 3. The van der Waals surface area contributed by atoms with Gasteiger partial charge in [-0.3, -0.25) is 9.36 Å². The lowest BCUT2D eigenvalue weighted by Crippen LogP contribution is -2.40. The summed E-state index contributed by atoms with van der Waals surface area (Å²) in [6, 6.07) is 14.6. The fourth-order valence-corrected chi connectivity index (χ4v) is 5.72. The highest BCUT2D eigenvalue weighted by Crippen LogP contribution is 2.41. The Morgan fingerprint density at radius 1 is 1.13 bits per heavy atom. The van der Waals surface area contributed by atoms with Crippen LogP contribution in [-0.2, 0) is 9.53 Å². The molecule has 3 aromatic carbocycles. The average molecular weight is 533 g/mol. The van der Waals surface area contributed by atoms with Gasteiger partial charge in [-0.05, 0) is 55.0 Å². The molecule has 0 spiro atoms. The van der Waals surface area contributed by atoms with Crippen LogP contribution < -0.4 is 24.4 Å². The van der Waals surface area contributed by atoms with Crippen molar-refractivity contribution in [3.05, 3.63) is 102 Å². The van der Waals surface area contributed by atoms with Crippen LogP contribution in [0, 0.1) is 5.82 Å². The molecule has 0 N–H and O–H groups in total. The van der Waals surface area contributed by atoms with Gasteiger partial charge in [0, 0.05) is 11.1 Å². The van der Waals surface area contributed by atoms with Gasteiger partial charge in [-0.1, -0.05) is 41.7 Å². The van der Waals surface area contributed by atoms with Gasteiger partial charge < -0.3 is 14.2 Å².